The molecule has 0 aromatic rings. The summed E-state index contributed by atoms with van der Waals surface area (Å²) in [4.78, 5) is 10.6. The van der Waals surface area contributed by atoms with E-state index < -0.39 is 11.9 Å². The number of aliphatic hydroxyl groups is 1. The maximum Gasteiger partial charge on any atom is 0.308 e. The van der Waals surface area contributed by atoms with Gasteiger partial charge < -0.3 is 10.2 Å². The lowest BCUT2D eigenvalue weighted by atomic mass is 9.83. The van der Waals surface area contributed by atoms with E-state index in [9.17, 15) is 4.79 Å². The SMILES string of the molecule is O=C(O)C(CO)CC1CCCCC1. The average molecular weight is 186 g/mol. The van der Waals surface area contributed by atoms with Crippen molar-refractivity contribution in [2.24, 2.45) is 11.8 Å². The van der Waals surface area contributed by atoms with Crippen molar-refractivity contribution >= 4 is 5.97 Å². The number of aliphatic carboxylic acids is 1. The van der Waals surface area contributed by atoms with Crippen molar-refractivity contribution in [3.63, 3.8) is 0 Å². The molecule has 0 amide bonds. The zero-order chi connectivity index (χ0) is 9.68. The van der Waals surface area contributed by atoms with Crippen LogP contribution < -0.4 is 0 Å². The molecule has 0 aromatic carbocycles. The predicted molar refractivity (Wildman–Crippen MR) is 49.4 cm³/mol. The molecule has 3 nitrogen and oxygen atoms in total. The molecule has 1 saturated carbocycles. The molecule has 0 radical (unpaired) electrons. The van der Waals surface area contributed by atoms with Gasteiger partial charge >= 0.3 is 5.97 Å². The van der Waals surface area contributed by atoms with Crippen LogP contribution >= 0.6 is 0 Å². The minimum Gasteiger partial charge on any atom is -0.481 e. The maximum absolute atomic E-state index is 10.6. The summed E-state index contributed by atoms with van der Waals surface area (Å²) in [6.45, 7) is -0.216. The van der Waals surface area contributed by atoms with Gasteiger partial charge in [0.1, 0.15) is 0 Å². The lowest BCUT2D eigenvalue weighted by Crippen LogP contribution is -2.22. The molecule has 2 N–H and O–H groups in total. The van der Waals surface area contributed by atoms with E-state index in [2.05, 4.69) is 0 Å². The van der Waals surface area contributed by atoms with Crippen LogP contribution in [0.2, 0.25) is 0 Å². The second kappa shape index (κ2) is 5.22. The second-order valence-electron chi connectivity index (χ2n) is 3.96. The first kappa shape index (κ1) is 10.5. The highest BCUT2D eigenvalue weighted by Crippen LogP contribution is 2.28. The Labute approximate surface area is 78.8 Å². The van der Waals surface area contributed by atoms with E-state index in [4.69, 9.17) is 10.2 Å². The third-order valence-corrected chi connectivity index (χ3v) is 2.91. The number of hydrogen-bond acceptors (Lipinski definition) is 2. The Bertz CT molecular complexity index is 162. The molecule has 13 heavy (non-hydrogen) atoms. The first-order valence-electron chi connectivity index (χ1n) is 5.07. The zero-order valence-electron chi connectivity index (χ0n) is 7.91. The van der Waals surface area contributed by atoms with E-state index in [0.717, 1.165) is 12.8 Å². The van der Waals surface area contributed by atoms with E-state index in [1.807, 2.05) is 0 Å². The van der Waals surface area contributed by atoms with Crippen LogP contribution in [0.5, 0.6) is 0 Å². The van der Waals surface area contributed by atoms with Gasteiger partial charge in [-0.25, -0.2) is 0 Å². The van der Waals surface area contributed by atoms with Gasteiger partial charge in [0.05, 0.1) is 12.5 Å². The standard InChI is InChI=1S/C10H18O3/c11-7-9(10(12)13)6-8-4-2-1-3-5-8/h8-9,11H,1-7H2,(H,12,13). The summed E-state index contributed by atoms with van der Waals surface area (Å²) in [6.07, 6.45) is 6.68. The van der Waals surface area contributed by atoms with Crippen LogP contribution in [0.3, 0.4) is 0 Å². The smallest absolute Gasteiger partial charge is 0.308 e. The molecule has 1 aliphatic rings. The van der Waals surface area contributed by atoms with Crippen molar-refractivity contribution < 1.29 is 15.0 Å². The largest absolute Gasteiger partial charge is 0.481 e. The van der Waals surface area contributed by atoms with E-state index >= 15 is 0 Å². The minimum atomic E-state index is -0.854. The molecule has 1 atom stereocenters. The monoisotopic (exact) mass is 186 g/mol. The fourth-order valence-electron chi connectivity index (χ4n) is 2.08. The number of aliphatic hydroxyl groups excluding tert-OH is 1. The van der Waals surface area contributed by atoms with Crippen molar-refractivity contribution in [3.05, 3.63) is 0 Å². The molecular formula is C10H18O3. The van der Waals surface area contributed by atoms with Gasteiger partial charge in [-0.3, -0.25) is 4.79 Å². The normalized spacial score (nSPS) is 21.3. The highest BCUT2D eigenvalue weighted by Gasteiger charge is 2.22. The molecule has 76 valence electrons. The van der Waals surface area contributed by atoms with Gasteiger partial charge in [0, 0.05) is 0 Å². The fourth-order valence-corrected chi connectivity index (χ4v) is 2.08. The first-order valence-corrected chi connectivity index (χ1v) is 5.07. The lowest BCUT2D eigenvalue weighted by Gasteiger charge is -2.23. The Morgan fingerprint density at radius 2 is 1.92 bits per heavy atom. The van der Waals surface area contributed by atoms with Gasteiger partial charge in [0.2, 0.25) is 0 Å². The van der Waals surface area contributed by atoms with E-state index in [1.165, 1.54) is 19.3 Å². The van der Waals surface area contributed by atoms with Crippen molar-refractivity contribution in [1.29, 1.82) is 0 Å². The number of carbonyl (C=O) groups is 1. The summed E-state index contributed by atoms with van der Waals surface area (Å²) in [7, 11) is 0. The van der Waals surface area contributed by atoms with Crippen LogP contribution in [0.15, 0.2) is 0 Å². The van der Waals surface area contributed by atoms with Crippen LogP contribution in [0.1, 0.15) is 38.5 Å². The van der Waals surface area contributed by atoms with E-state index in [0.29, 0.717) is 12.3 Å². The van der Waals surface area contributed by atoms with Crippen LogP contribution in [-0.4, -0.2) is 22.8 Å². The predicted octanol–water partition coefficient (Wildman–Crippen LogP) is 1.65. The summed E-state index contributed by atoms with van der Waals surface area (Å²) >= 11 is 0. The molecule has 0 spiro atoms. The Morgan fingerprint density at radius 3 is 2.38 bits per heavy atom. The molecule has 1 fully saturated rings. The Morgan fingerprint density at radius 1 is 1.31 bits per heavy atom. The van der Waals surface area contributed by atoms with Crippen LogP contribution in [0.25, 0.3) is 0 Å². The van der Waals surface area contributed by atoms with Gasteiger partial charge in [0.15, 0.2) is 0 Å². The Balaban J connectivity index is 2.31. The van der Waals surface area contributed by atoms with E-state index in [-0.39, 0.29) is 6.61 Å². The van der Waals surface area contributed by atoms with Crippen LogP contribution in [-0.2, 0) is 4.79 Å². The zero-order valence-corrected chi connectivity index (χ0v) is 7.91. The highest BCUT2D eigenvalue weighted by atomic mass is 16.4. The van der Waals surface area contributed by atoms with Gasteiger partial charge in [-0.05, 0) is 12.3 Å². The molecule has 1 unspecified atom stereocenters. The third kappa shape index (κ3) is 3.35. The van der Waals surface area contributed by atoms with Crippen molar-refractivity contribution in [3.8, 4) is 0 Å². The van der Waals surface area contributed by atoms with Crippen molar-refractivity contribution in [2.75, 3.05) is 6.61 Å². The quantitative estimate of drug-likeness (QED) is 0.701. The summed E-state index contributed by atoms with van der Waals surface area (Å²) in [5.41, 5.74) is 0. The molecule has 0 aromatic heterocycles. The van der Waals surface area contributed by atoms with Crippen molar-refractivity contribution in [2.45, 2.75) is 38.5 Å². The molecular weight excluding hydrogens is 168 g/mol. The summed E-state index contributed by atoms with van der Waals surface area (Å²) in [5, 5.41) is 17.6. The number of carboxylic acid groups (broad SMARTS) is 1. The third-order valence-electron chi connectivity index (χ3n) is 2.91. The first-order chi connectivity index (χ1) is 6.24. The summed E-state index contributed by atoms with van der Waals surface area (Å²) < 4.78 is 0. The number of rotatable bonds is 4. The van der Waals surface area contributed by atoms with Gasteiger partial charge in [-0.2, -0.15) is 0 Å². The molecule has 0 heterocycles. The van der Waals surface area contributed by atoms with Crippen molar-refractivity contribution in [1.82, 2.24) is 0 Å². The Kier molecular flexibility index (Phi) is 4.22. The van der Waals surface area contributed by atoms with Gasteiger partial charge in [-0.15, -0.1) is 0 Å². The van der Waals surface area contributed by atoms with Crippen LogP contribution in [0.4, 0.5) is 0 Å². The minimum absolute atomic E-state index is 0.216. The van der Waals surface area contributed by atoms with Crippen LogP contribution in [0, 0.1) is 11.8 Å². The average Bonchev–Trinajstić information content (AvgIpc) is 2.15. The maximum atomic E-state index is 10.6. The molecule has 3 heteroatoms. The number of hydrogen-bond donors (Lipinski definition) is 2. The lowest BCUT2D eigenvalue weighted by molar-refractivity contribution is -0.143. The molecule has 0 aliphatic heterocycles. The molecule has 1 rings (SSSR count). The Hall–Kier alpha value is -0.570. The topological polar surface area (TPSA) is 57.5 Å². The molecule has 0 saturated heterocycles. The number of carboxylic acids is 1. The fraction of sp³-hybridized carbons (Fsp3) is 0.900. The highest BCUT2D eigenvalue weighted by molar-refractivity contribution is 5.70. The van der Waals surface area contributed by atoms with E-state index in [1.54, 1.807) is 0 Å². The summed E-state index contributed by atoms with van der Waals surface area (Å²) in [6, 6.07) is 0. The van der Waals surface area contributed by atoms with Gasteiger partial charge in [0.25, 0.3) is 0 Å². The molecule has 0 bridgehead atoms. The summed E-state index contributed by atoms with van der Waals surface area (Å²) in [5.74, 6) is -0.863. The molecule has 1 aliphatic carbocycles. The van der Waals surface area contributed by atoms with Gasteiger partial charge in [-0.1, -0.05) is 32.1 Å². The second-order valence-corrected chi connectivity index (χ2v) is 3.96.